The summed E-state index contributed by atoms with van der Waals surface area (Å²) in [7, 11) is 0. The molecule has 0 spiro atoms. The molecule has 17 heteroatoms. The van der Waals surface area contributed by atoms with E-state index in [1.54, 1.807) is 0 Å². The lowest BCUT2D eigenvalue weighted by atomic mass is 10.2. The third kappa shape index (κ3) is 44.2. The lowest BCUT2D eigenvalue weighted by Crippen LogP contribution is -2.34. The molecule has 304 valence electrons. The number of alkyl carbamates (subject to hydrolysis) is 2. The van der Waals surface area contributed by atoms with E-state index in [4.69, 9.17) is 61.6 Å². The van der Waals surface area contributed by atoms with Crippen molar-refractivity contribution in [3.8, 4) is 0 Å². The summed E-state index contributed by atoms with van der Waals surface area (Å²) in [6.45, 7) is 21.8. The summed E-state index contributed by atoms with van der Waals surface area (Å²) >= 11 is 0. The van der Waals surface area contributed by atoms with Crippen LogP contribution >= 0.6 is 0 Å². The van der Waals surface area contributed by atoms with Crippen LogP contribution in [0.3, 0.4) is 0 Å². The fourth-order valence-electron chi connectivity index (χ4n) is 3.38. The Kier molecular flexibility index (Phi) is 33.8. The molecule has 0 aromatic carbocycles. The van der Waals surface area contributed by atoms with Gasteiger partial charge < -0.3 is 72.2 Å². The fraction of sp³-hybridized carbons (Fsp3) is 0.941. The van der Waals surface area contributed by atoms with E-state index in [0.717, 1.165) is 0 Å². The predicted molar refractivity (Wildman–Crippen MR) is 187 cm³/mol. The summed E-state index contributed by atoms with van der Waals surface area (Å²) in [5.74, 6) is 0. The molecule has 51 heavy (non-hydrogen) atoms. The van der Waals surface area contributed by atoms with Crippen molar-refractivity contribution < 1.29 is 71.2 Å². The molecule has 0 aliphatic heterocycles. The molecular weight excluding hydrogens is 676 g/mol. The Morgan fingerprint density at radius 1 is 0.314 bits per heavy atom. The van der Waals surface area contributed by atoms with Crippen molar-refractivity contribution in [1.82, 2.24) is 10.6 Å². The summed E-state index contributed by atoms with van der Waals surface area (Å²) in [4.78, 5) is 23.0. The lowest BCUT2D eigenvalue weighted by Gasteiger charge is -2.19. The highest BCUT2D eigenvalue weighted by atomic mass is 16.6. The number of nitrogens with one attached hydrogen (secondary N) is 2. The van der Waals surface area contributed by atoms with Crippen LogP contribution in [0.4, 0.5) is 9.59 Å². The third-order valence-corrected chi connectivity index (χ3v) is 5.55. The summed E-state index contributed by atoms with van der Waals surface area (Å²) in [6, 6.07) is 0. The molecule has 0 aromatic heterocycles. The van der Waals surface area contributed by atoms with E-state index in [1.807, 2.05) is 41.5 Å². The van der Waals surface area contributed by atoms with E-state index in [9.17, 15) is 9.59 Å². The fourth-order valence-corrected chi connectivity index (χ4v) is 3.38. The van der Waals surface area contributed by atoms with E-state index in [1.165, 1.54) is 0 Å². The number of hydrogen-bond donors (Lipinski definition) is 2. The van der Waals surface area contributed by atoms with Gasteiger partial charge in [0.2, 0.25) is 0 Å². The van der Waals surface area contributed by atoms with Crippen LogP contribution in [0.5, 0.6) is 0 Å². The van der Waals surface area contributed by atoms with Crippen molar-refractivity contribution in [2.24, 2.45) is 0 Å². The smallest absolute Gasteiger partial charge is 0.407 e. The van der Waals surface area contributed by atoms with Crippen LogP contribution in [0.2, 0.25) is 0 Å². The van der Waals surface area contributed by atoms with Crippen molar-refractivity contribution in [2.75, 3.05) is 158 Å². The van der Waals surface area contributed by atoms with Crippen LogP contribution < -0.4 is 10.6 Å². The van der Waals surface area contributed by atoms with Gasteiger partial charge in [0.15, 0.2) is 0 Å². The van der Waals surface area contributed by atoms with Crippen LogP contribution in [-0.4, -0.2) is 182 Å². The maximum Gasteiger partial charge on any atom is 0.407 e. The highest BCUT2D eigenvalue weighted by Gasteiger charge is 2.16. The minimum Gasteiger partial charge on any atom is -0.444 e. The SMILES string of the molecule is CC(C)(C)OC(=O)NCCOCCOCCOCCOCCOCCOCCOCCOCCOCCOCCOCCNC(=O)OC(C)(C)C. The van der Waals surface area contributed by atoms with Gasteiger partial charge in [0.05, 0.1) is 145 Å². The number of rotatable bonds is 36. The van der Waals surface area contributed by atoms with Crippen molar-refractivity contribution >= 4 is 12.2 Å². The molecule has 0 aromatic rings. The first-order valence-corrected chi connectivity index (χ1v) is 17.8. The van der Waals surface area contributed by atoms with Gasteiger partial charge in [-0.1, -0.05) is 0 Å². The number of ether oxygens (including phenoxy) is 13. The molecule has 0 aliphatic rings. The van der Waals surface area contributed by atoms with Crippen molar-refractivity contribution in [3.05, 3.63) is 0 Å². The molecular formula is C34H68N2O15. The van der Waals surface area contributed by atoms with Gasteiger partial charge in [-0.15, -0.1) is 0 Å². The summed E-state index contributed by atoms with van der Waals surface area (Å²) < 4.78 is 70.2. The molecule has 0 saturated heterocycles. The van der Waals surface area contributed by atoms with Crippen LogP contribution in [0.1, 0.15) is 41.5 Å². The van der Waals surface area contributed by atoms with Crippen molar-refractivity contribution in [3.63, 3.8) is 0 Å². The second-order valence-electron chi connectivity index (χ2n) is 12.6. The van der Waals surface area contributed by atoms with E-state index in [-0.39, 0.29) is 0 Å². The number of carbonyl (C=O) groups excluding carboxylic acids is 2. The molecule has 17 nitrogen and oxygen atoms in total. The average molecular weight is 745 g/mol. The predicted octanol–water partition coefficient (Wildman–Crippen LogP) is 2.22. The number of carbonyl (C=O) groups is 2. The van der Waals surface area contributed by atoms with Gasteiger partial charge in [0.1, 0.15) is 11.2 Å². The largest absolute Gasteiger partial charge is 0.444 e. The van der Waals surface area contributed by atoms with Gasteiger partial charge in [-0.2, -0.15) is 0 Å². The highest BCUT2D eigenvalue weighted by Crippen LogP contribution is 2.06. The second-order valence-corrected chi connectivity index (χ2v) is 12.6. The Morgan fingerprint density at radius 3 is 0.627 bits per heavy atom. The molecule has 0 saturated carbocycles. The van der Waals surface area contributed by atoms with Crippen LogP contribution in [-0.2, 0) is 61.6 Å². The van der Waals surface area contributed by atoms with Gasteiger partial charge in [0.25, 0.3) is 0 Å². The zero-order chi connectivity index (χ0) is 37.7. The Balaban J connectivity index is 3.14. The van der Waals surface area contributed by atoms with Gasteiger partial charge >= 0.3 is 12.2 Å². The highest BCUT2D eigenvalue weighted by molar-refractivity contribution is 5.67. The van der Waals surface area contributed by atoms with E-state index in [0.29, 0.717) is 158 Å². The van der Waals surface area contributed by atoms with Gasteiger partial charge in [-0.05, 0) is 41.5 Å². The third-order valence-electron chi connectivity index (χ3n) is 5.55. The van der Waals surface area contributed by atoms with E-state index < -0.39 is 23.4 Å². The van der Waals surface area contributed by atoms with Gasteiger partial charge in [-0.3, -0.25) is 0 Å². The summed E-state index contributed by atoms with van der Waals surface area (Å²) in [6.07, 6.45) is -0.912. The number of hydrogen-bond acceptors (Lipinski definition) is 15. The first kappa shape index (κ1) is 49.1. The Hall–Kier alpha value is -1.90. The quantitative estimate of drug-likeness (QED) is 0.0892. The zero-order valence-corrected chi connectivity index (χ0v) is 32.1. The normalized spacial score (nSPS) is 11.9. The van der Waals surface area contributed by atoms with Crippen LogP contribution in [0.15, 0.2) is 0 Å². The molecule has 2 N–H and O–H groups in total. The molecule has 0 atom stereocenters. The molecule has 2 amide bonds. The lowest BCUT2D eigenvalue weighted by molar-refractivity contribution is -0.0274. The molecule has 0 rings (SSSR count). The maximum absolute atomic E-state index is 11.5. The van der Waals surface area contributed by atoms with Crippen molar-refractivity contribution in [1.29, 1.82) is 0 Å². The second kappa shape index (κ2) is 35.1. The molecule has 0 heterocycles. The van der Waals surface area contributed by atoms with E-state index in [2.05, 4.69) is 10.6 Å². The maximum atomic E-state index is 11.5. The van der Waals surface area contributed by atoms with E-state index >= 15 is 0 Å². The molecule has 0 fully saturated rings. The monoisotopic (exact) mass is 744 g/mol. The Labute approximate surface area is 305 Å². The van der Waals surface area contributed by atoms with Gasteiger partial charge in [-0.25, -0.2) is 9.59 Å². The molecule has 0 radical (unpaired) electrons. The average Bonchev–Trinajstić information content (AvgIpc) is 3.04. The summed E-state index contributed by atoms with van der Waals surface area (Å²) in [5, 5.41) is 5.25. The zero-order valence-electron chi connectivity index (χ0n) is 32.1. The van der Waals surface area contributed by atoms with Crippen LogP contribution in [0.25, 0.3) is 0 Å². The minimum atomic E-state index is -0.516. The van der Waals surface area contributed by atoms with Crippen molar-refractivity contribution in [2.45, 2.75) is 52.7 Å². The van der Waals surface area contributed by atoms with Crippen LogP contribution in [0, 0.1) is 0 Å². The summed E-state index contributed by atoms with van der Waals surface area (Å²) in [5.41, 5.74) is -1.03. The Bertz CT molecular complexity index is 720. The standard InChI is InChI=1S/C34H68N2O15/c1-33(2,3)50-31(37)35-7-9-39-11-13-41-15-17-43-19-21-45-23-25-47-27-29-49-30-28-48-26-24-46-22-20-44-18-16-42-14-12-40-10-8-36-32(38)51-34(4,5)6/h7-30H2,1-6H3,(H,35,37)(H,36,38). The van der Waals surface area contributed by atoms with Gasteiger partial charge in [0, 0.05) is 13.1 Å². The molecule has 0 unspecified atom stereocenters. The first-order valence-electron chi connectivity index (χ1n) is 17.8. The Morgan fingerprint density at radius 2 is 0.471 bits per heavy atom. The minimum absolute atomic E-state index is 0.378. The molecule has 0 aliphatic carbocycles. The topological polar surface area (TPSA) is 178 Å². The first-order chi connectivity index (χ1) is 24.5. The number of amides is 2. The molecule has 0 bridgehead atoms.